The van der Waals surface area contributed by atoms with Crippen molar-refractivity contribution in [2.24, 2.45) is 0 Å². The number of hydrogen-bond donors (Lipinski definition) is 2. The minimum atomic E-state index is -1.01. The number of nitrogen functional groups attached to an aromatic ring is 1. The molecule has 0 unspecified atom stereocenters. The SMILES string of the molecule is Nc1cc(C(=O)O)cc(SCc2ccccc2)c1Oc1ccccc1. The maximum absolute atomic E-state index is 11.3. The maximum atomic E-state index is 11.3. The number of para-hydroxylation sites is 1. The van der Waals surface area contributed by atoms with Gasteiger partial charge < -0.3 is 15.6 Å². The molecule has 3 aromatic rings. The van der Waals surface area contributed by atoms with Crippen LogP contribution < -0.4 is 10.5 Å². The zero-order chi connectivity index (χ0) is 17.6. The fourth-order valence-corrected chi connectivity index (χ4v) is 3.32. The number of carboxylic acids is 1. The van der Waals surface area contributed by atoms with Crippen LogP contribution in [0, 0.1) is 0 Å². The minimum absolute atomic E-state index is 0.147. The number of nitrogens with two attached hydrogens (primary N) is 1. The van der Waals surface area contributed by atoms with Crippen LogP contribution in [0.2, 0.25) is 0 Å². The lowest BCUT2D eigenvalue weighted by molar-refractivity contribution is 0.0696. The molecule has 0 fully saturated rings. The average Bonchev–Trinajstić information content (AvgIpc) is 2.63. The summed E-state index contributed by atoms with van der Waals surface area (Å²) < 4.78 is 5.92. The summed E-state index contributed by atoms with van der Waals surface area (Å²) in [7, 11) is 0. The zero-order valence-corrected chi connectivity index (χ0v) is 14.2. The van der Waals surface area contributed by atoms with Gasteiger partial charge in [0.2, 0.25) is 0 Å². The molecule has 0 spiro atoms. The molecule has 3 N–H and O–H groups in total. The average molecular weight is 351 g/mol. The van der Waals surface area contributed by atoms with Gasteiger partial charge in [-0.25, -0.2) is 4.79 Å². The van der Waals surface area contributed by atoms with Gasteiger partial charge in [0.1, 0.15) is 5.75 Å². The number of anilines is 1. The van der Waals surface area contributed by atoms with E-state index in [2.05, 4.69) is 0 Å². The summed E-state index contributed by atoms with van der Waals surface area (Å²) in [5.74, 6) is 0.810. The van der Waals surface area contributed by atoms with E-state index in [1.54, 1.807) is 6.07 Å². The summed E-state index contributed by atoms with van der Waals surface area (Å²) in [6, 6.07) is 22.3. The normalized spacial score (nSPS) is 10.4. The molecule has 126 valence electrons. The lowest BCUT2D eigenvalue weighted by Crippen LogP contribution is -2.01. The Morgan fingerprint density at radius 3 is 2.28 bits per heavy atom. The third-order valence-electron chi connectivity index (χ3n) is 3.53. The van der Waals surface area contributed by atoms with Crippen molar-refractivity contribution in [3.05, 3.63) is 83.9 Å². The number of ether oxygens (including phenoxy) is 1. The molecular formula is C20H17NO3S. The quantitative estimate of drug-likeness (QED) is 0.480. The van der Waals surface area contributed by atoms with E-state index in [0.29, 0.717) is 27.8 Å². The molecule has 0 aromatic heterocycles. The third-order valence-corrected chi connectivity index (χ3v) is 4.62. The van der Waals surface area contributed by atoms with Gasteiger partial charge in [-0.15, -0.1) is 11.8 Å². The molecule has 4 nitrogen and oxygen atoms in total. The number of carboxylic acid groups (broad SMARTS) is 1. The van der Waals surface area contributed by atoms with Crippen molar-refractivity contribution in [3.63, 3.8) is 0 Å². The Kier molecular flexibility index (Phi) is 5.26. The van der Waals surface area contributed by atoms with Crippen LogP contribution in [0.15, 0.2) is 77.7 Å². The molecule has 0 aliphatic carbocycles. The molecular weight excluding hydrogens is 334 g/mol. The van der Waals surface area contributed by atoms with Gasteiger partial charge in [-0.3, -0.25) is 0 Å². The highest BCUT2D eigenvalue weighted by Gasteiger charge is 2.15. The third kappa shape index (κ3) is 4.33. The van der Waals surface area contributed by atoms with Crippen molar-refractivity contribution in [3.8, 4) is 11.5 Å². The van der Waals surface area contributed by atoms with Crippen molar-refractivity contribution in [1.82, 2.24) is 0 Å². The van der Waals surface area contributed by atoms with Crippen molar-refractivity contribution < 1.29 is 14.6 Å². The molecule has 0 aliphatic heterocycles. The molecule has 0 bridgehead atoms. The van der Waals surface area contributed by atoms with Gasteiger partial charge in [0.05, 0.1) is 16.1 Å². The second kappa shape index (κ2) is 7.77. The largest absolute Gasteiger partial charge is 0.478 e. The first-order valence-corrected chi connectivity index (χ1v) is 8.68. The smallest absolute Gasteiger partial charge is 0.335 e. The Morgan fingerprint density at radius 1 is 1.00 bits per heavy atom. The van der Waals surface area contributed by atoms with E-state index in [0.717, 1.165) is 5.56 Å². The van der Waals surface area contributed by atoms with E-state index in [-0.39, 0.29) is 5.56 Å². The molecule has 0 atom stereocenters. The molecule has 3 aromatic carbocycles. The Bertz CT molecular complexity index is 867. The summed E-state index contributed by atoms with van der Waals surface area (Å²) in [4.78, 5) is 12.0. The van der Waals surface area contributed by atoms with Gasteiger partial charge in [-0.05, 0) is 29.8 Å². The summed E-state index contributed by atoms with van der Waals surface area (Å²) in [5.41, 5.74) is 7.66. The van der Waals surface area contributed by atoms with E-state index < -0.39 is 5.97 Å². The van der Waals surface area contributed by atoms with Crippen LogP contribution in [-0.4, -0.2) is 11.1 Å². The highest BCUT2D eigenvalue weighted by molar-refractivity contribution is 7.98. The molecule has 25 heavy (non-hydrogen) atoms. The van der Waals surface area contributed by atoms with Crippen molar-refractivity contribution in [2.75, 3.05) is 5.73 Å². The maximum Gasteiger partial charge on any atom is 0.335 e. The van der Waals surface area contributed by atoms with Crippen molar-refractivity contribution in [1.29, 1.82) is 0 Å². The second-order valence-electron chi connectivity index (χ2n) is 5.39. The lowest BCUT2D eigenvalue weighted by atomic mass is 10.2. The van der Waals surface area contributed by atoms with E-state index in [9.17, 15) is 9.90 Å². The number of hydrogen-bond acceptors (Lipinski definition) is 4. The Balaban J connectivity index is 1.93. The molecule has 3 rings (SSSR count). The minimum Gasteiger partial charge on any atom is -0.478 e. The van der Waals surface area contributed by atoms with Gasteiger partial charge in [-0.2, -0.15) is 0 Å². The Labute approximate surface area is 150 Å². The van der Waals surface area contributed by atoms with Crippen molar-refractivity contribution >= 4 is 23.4 Å². The number of aromatic carboxylic acids is 1. The highest BCUT2D eigenvalue weighted by atomic mass is 32.2. The first-order chi connectivity index (χ1) is 12.1. The zero-order valence-electron chi connectivity index (χ0n) is 13.4. The van der Waals surface area contributed by atoms with Gasteiger partial charge in [0.15, 0.2) is 5.75 Å². The summed E-state index contributed by atoms with van der Waals surface area (Å²) in [6.07, 6.45) is 0. The second-order valence-corrected chi connectivity index (χ2v) is 6.40. The number of carbonyl (C=O) groups is 1. The monoisotopic (exact) mass is 351 g/mol. The van der Waals surface area contributed by atoms with Gasteiger partial charge in [-0.1, -0.05) is 48.5 Å². The van der Waals surface area contributed by atoms with Crippen LogP contribution in [0.5, 0.6) is 11.5 Å². The van der Waals surface area contributed by atoms with E-state index >= 15 is 0 Å². The lowest BCUT2D eigenvalue weighted by Gasteiger charge is -2.14. The molecule has 0 heterocycles. The summed E-state index contributed by atoms with van der Waals surface area (Å²) >= 11 is 1.50. The number of benzene rings is 3. The van der Waals surface area contributed by atoms with Gasteiger partial charge >= 0.3 is 5.97 Å². The van der Waals surface area contributed by atoms with Gasteiger partial charge in [0, 0.05) is 5.75 Å². The van der Waals surface area contributed by atoms with Crippen LogP contribution >= 0.6 is 11.8 Å². The molecule has 0 saturated carbocycles. The van der Waals surface area contributed by atoms with Crippen molar-refractivity contribution in [2.45, 2.75) is 10.6 Å². The Morgan fingerprint density at radius 2 is 1.64 bits per heavy atom. The Hall–Kier alpha value is -2.92. The number of thioether (sulfide) groups is 1. The molecule has 0 amide bonds. The molecule has 0 aliphatic rings. The van der Waals surface area contributed by atoms with Crippen LogP contribution in [0.25, 0.3) is 0 Å². The van der Waals surface area contributed by atoms with Gasteiger partial charge in [0.25, 0.3) is 0 Å². The fraction of sp³-hybridized carbons (Fsp3) is 0.0500. The predicted octanol–water partition coefficient (Wildman–Crippen LogP) is 5.05. The fourth-order valence-electron chi connectivity index (χ4n) is 2.31. The van der Waals surface area contributed by atoms with E-state index in [1.807, 2.05) is 60.7 Å². The summed E-state index contributed by atoms with van der Waals surface area (Å²) in [5, 5.41) is 9.29. The molecule has 5 heteroatoms. The van der Waals surface area contributed by atoms with Crippen LogP contribution in [-0.2, 0) is 5.75 Å². The summed E-state index contributed by atoms with van der Waals surface area (Å²) in [6.45, 7) is 0. The van der Waals surface area contributed by atoms with Crippen LogP contribution in [0.1, 0.15) is 15.9 Å². The number of rotatable bonds is 6. The first kappa shape index (κ1) is 16.9. The van der Waals surface area contributed by atoms with E-state index in [1.165, 1.54) is 17.8 Å². The molecule has 0 saturated heterocycles. The predicted molar refractivity (Wildman–Crippen MR) is 100 cm³/mol. The highest BCUT2D eigenvalue weighted by Crippen LogP contribution is 2.40. The van der Waals surface area contributed by atoms with Crippen LogP contribution in [0.4, 0.5) is 5.69 Å². The molecule has 0 radical (unpaired) electrons. The topological polar surface area (TPSA) is 72.6 Å². The van der Waals surface area contributed by atoms with Crippen LogP contribution in [0.3, 0.4) is 0 Å². The standard InChI is InChI=1S/C20H17NO3S/c21-17-11-15(20(22)23)12-18(25-13-14-7-3-1-4-8-14)19(17)24-16-9-5-2-6-10-16/h1-12H,13,21H2,(H,22,23). The first-order valence-electron chi connectivity index (χ1n) is 7.70. The van der Waals surface area contributed by atoms with E-state index in [4.69, 9.17) is 10.5 Å².